The second-order valence-corrected chi connectivity index (χ2v) is 6.03. The Labute approximate surface area is 140 Å². The first-order valence-electron chi connectivity index (χ1n) is 7.89. The van der Waals surface area contributed by atoms with Crippen molar-refractivity contribution in [1.29, 1.82) is 0 Å². The van der Waals surface area contributed by atoms with Gasteiger partial charge in [0, 0.05) is 24.8 Å². The summed E-state index contributed by atoms with van der Waals surface area (Å²) in [6.45, 7) is 5.55. The van der Waals surface area contributed by atoms with Crippen LogP contribution in [0.5, 0.6) is 0 Å². The van der Waals surface area contributed by atoms with Crippen molar-refractivity contribution >= 4 is 24.0 Å². The molecule has 0 atom stereocenters. The lowest BCUT2D eigenvalue weighted by Gasteiger charge is -2.26. The number of benzene rings is 1. The van der Waals surface area contributed by atoms with Crippen LogP contribution < -0.4 is 0 Å². The Balaban J connectivity index is 0.00000220. The fourth-order valence-electron chi connectivity index (χ4n) is 2.70. The van der Waals surface area contributed by atoms with E-state index in [0.717, 1.165) is 31.1 Å². The second kappa shape index (κ2) is 11.3. The maximum Gasteiger partial charge on any atom is 0.0478 e. The highest BCUT2D eigenvalue weighted by Crippen LogP contribution is 2.11. The van der Waals surface area contributed by atoms with Crippen molar-refractivity contribution in [2.24, 2.45) is 0 Å². The molecule has 0 aliphatic carbocycles. The summed E-state index contributed by atoms with van der Waals surface area (Å²) in [6, 6.07) is 8.10. The Kier molecular flexibility index (Phi) is 10.1. The van der Waals surface area contributed by atoms with Crippen molar-refractivity contribution in [3.8, 4) is 0 Å². The molecule has 1 aromatic carbocycles. The van der Waals surface area contributed by atoms with E-state index in [1.165, 1.54) is 50.9 Å². The SMILES string of the molecule is Cl.Clc1ccc(CCCOCCCN2CCCCC2)cc1. The van der Waals surface area contributed by atoms with Gasteiger partial charge in [0.05, 0.1) is 0 Å². The molecule has 0 unspecified atom stereocenters. The molecule has 4 heteroatoms. The topological polar surface area (TPSA) is 12.5 Å². The van der Waals surface area contributed by atoms with Crippen LogP contribution in [-0.2, 0) is 11.2 Å². The largest absolute Gasteiger partial charge is 0.381 e. The van der Waals surface area contributed by atoms with Crippen LogP contribution in [0.25, 0.3) is 0 Å². The van der Waals surface area contributed by atoms with Crippen molar-refractivity contribution in [2.45, 2.75) is 38.5 Å². The number of halogens is 2. The molecule has 2 rings (SSSR count). The van der Waals surface area contributed by atoms with Gasteiger partial charge in [-0.25, -0.2) is 0 Å². The van der Waals surface area contributed by atoms with Crippen LogP contribution >= 0.6 is 24.0 Å². The van der Waals surface area contributed by atoms with Gasteiger partial charge in [0.2, 0.25) is 0 Å². The molecule has 0 bridgehead atoms. The molecule has 120 valence electrons. The zero-order valence-electron chi connectivity index (χ0n) is 12.7. The summed E-state index contributed by atoms with van der Waals surface area (Å²) in [5, 5.41) is 0.808. The third-order valence-corrected chi connectivity index (χ3v) is 4.13. The molecule has 1 fully saturated rings. The number of likely N-dealkylation sites (tertiary alicyclic amines) is 1. The molecule has 1 aliphatic heterocycles. The molecule has 21 heavy (non-hydrogen) atoms. The molecule has 1 saturated heterocycles. The Hall–Kier alpha value is -0.280. The lowest BCUT2D eigenvalue weighted by atomic mass is 10.1. The van der Waals surface area contributed by atoms with E-state index in [9.17, 15) is 0 Å². The summed E-state index contributed by atoms with van der Waals surface area (Å²) < 4.78 is 5.72. The average Bonchev–Trinajstić information content (AvgIpc) is 2.49. The third-order valence-electron chi connectivity index (χ3n) is 3.88. The fraction of sp³-hybridized carbons (Fsp3) is 0.647. The molecule has 0 N–H and O–H groups in total. The van der Waals surface area contributed by atoms with E-state index < -0.39 is 0 Å². The van der Waals surface area contributed by atoms with E-state index in [2.05, 4.69) is 17.0 Å². The molecule has 0 aromatic heterocycles. The first-order valence-corrected chi connectivity index (χ1v) is 8.27. The zero-order valence-corrected chi connectivity index (χ0v) is 14.3. The first kappa shape index (κ1) is 18.8. The van der Waals surface area contributed by atoms with Gasteiger partial charge in [-0.1, -0.05) is 30.2 Å². The summed E-state index contributed by atoms with van der Waals surface area (Å²) in [7, 11) is 0. The summed E-state index contributed by atoms with van der Waals surface area (Å²) in [5.41, 5.74) is 1.34. The lowest BCUT2D eigenvalue weighted by molar-refractivity contribution is 0.115. The van der Waals surface area contributed by atoms with Gasteiger partial charge in [0.1, 0.15) is 0 Å². The maximum absolute atomic E-state index is 5.87. The Morgan fingerprint density at radius 3 is 2.33 bits per heavy atom. The number of hydrogen-bond donors (Lipinski definition) is 0. The Bertz CT molecular complexity index is 364. The smallest absolute Gasteiger partial charge is 0.0478 e. The van der Waals surface area contributed by atoms with Crippen molar-refractivity contribution in [1.82, 2.24) is 4.90 Å². The lowest BCUT2D eigenvalue weighted by Crippen LogP contribution is -2.31. The van der Waals surface area contributed by atoms with Crippen LogP contribution in [0.4, 0.5) is 0 Å². The van der Waals surface area contributed by atoms with Gasteiger partial charge in [-0.05, 0) is 62.9 Å². The summed E-state index contributed by atoms with van der Waals surface area (Å²) in [5.74, 6) is 0. The van der Waals surface area contributed by atoms with Crippen molar-refractivity contribution in [2.75, 3.05) is 32.8 Å². The number of hydrogen-bond acceptors (Lipinski definition) is 2. The minimum atomic E-state index is 0. The van der Waals surface area contributed by atoms with E-state index >= 15 is 0 Å². The van der Waals surface area contributed by atoms with Gasteiger partial charge >= 0.3 is 0 Å². The summed E-state index contributed by atoms with van der Waals surface area (Å²) in [4.78, 5) is 2.57. The van der Waals surface area contributed by atoms with Crippen LogP contribution in [-0.4, -0.2) is 37.7 Å². The quantitative estimate of drug-likeness (QED) is 0.646. The van der Waals surface area contributed by atoms with Gasteiger partial charge in [0.15, 0.2) is 0 Å². The Morgan fingerprint density at radius 1 is 0.952 bits per heavy atom. The van der Waals surface area contributed by atoms with Crippen LogP contribution in [0, 0.1) is 0 Å². The number of piperidine rings is 1. The maximum atomic E-state index is 5.87. The number of aryl methyl sites for hydroxylation is 1. The predicted octanol–water partition coefficient (Wildman–Crippen LogP) is 4.59. The minimum absolute atomic E-state index is 0. The molecule has 0 radical (unpaired) electrons. The molecular weight excluding hydrogens is 305 g/mol. The molecule has 1 aliphatic rings. The number of rotatable bonds is 8. The van der Waals surface area contributed by atoms with E-state index in [1.54, 1.807) is 0 Å². The van der Waals surface area contributed by atoms with Gasteiger partial charge in [0.25, 0.3) is 0 Å². The van der Waals surface area contributed by atoms with Crippen LogP contribution in [0.3, 0.4) is 0 Å². The predicted molar refractivity (Wildman–Crippen MR) is 92.7 cm³/mol. The summed E-state index contributed by atoms with van der Waals surface area (Å²) >= 11 is 5.87. The molecule has 0 spiro atoms. The molecule has 1 aromatic rings. The molecule has 0 amide bonds. The monoisotopic (exact) mass is 331 g/mol. The van der Waals surface area contributed by atoms with E-state index in [0.29, 0.717) is 0 Å². The first-order chi connectivity index (χ1) is 9.84. The van der Waals surface area contributed by atoms with E-state index in [1.807, 2.05) is 12.1 Å². The van der Waals surface area contributed by atoms with Crippen molar-refractivity contribution in [3.63, 3.8) is 0 Å². The van der Waals surface area contributed by atoms with E-state index in [-0.39, 0.29) is 12.4 Å². The average molecular weight is 332 g/mol. The molecule has 0 saturated carbocycles. The van der Waals surface area contributed by atoms with Crippen LogP contribution in [0.1, 0.15) is 37.7 Å². The van der Waals surface area contributed by atoms with Crippen molar-refractivity contribution in [3.05, 3.63) is 34.9 Å². The number of nitrogens with zero attached hydrogens (tertiary/aromatic N) is 1. The molecular formula is C17H27Cl2NO. The van der Waals surface area contributed by atoms with Crippen LogP contribution in [0.2, 0.25) is 5.02 Å². The minimum Gasteiger partial charge on any atom is -0.381 e. The molecule has 2 nitrogen and oxygen atoms in total. The summed E-state index contributed by atoms with van der Waals surface area (Å²) in [6.07, 6.45) is 7.50. The van der Waals surface area contributed by atoms with Gasteiger partial charge < -0.3 is 9.64 Å². The third kappa shape index (κ3) is 8.06. The highest BCUT2D eigenvalue weighted by atomic mass is 35.5. The standard InChI is InChI=1S/C17H26ClNO.ClH/c18-17-9-7-16(8-10-17)6-4-14-20-15-5-13-19-11-2-1-3-12-19;/h7-10H,1-6,11-15H2;1H. The highest BCUT2D eigenvalue weighted by Gasteiger charge is 2.08. The van der Waals surface area contributed by atoms with Crippen molar-refractivity contribution < 1.29 is 4.74 Å². The van der Waals surface area contributed by atoms with E-state index in [4.69, 9.17) is 16.3 Å². The Morgan fingerprint density at radius 2 is 1.62 bits per heavy atom. The second-order valence-electron chi connectivity index (χ2n) is 5.60. The van der Waals surface area contributed by atoms with Crippen LogP contribution in [0.15, 0.2) is 24.3 Å². The zero-order chi connectivity index (χ0) is 14.0. The fourth-order valence-corrected chi connectivity index (χ4v) is 2.83. The number of ether oxygens (including phenoxy) is 1. The van der Waals surface area contributed by atoms with Gasteiger partial charge in [-0.3, -0.25) is 0 Å². The molecule has 1 heterocycles. The van der Waals surface area contributed by atoms with Gasteiger partial charge in [-0.2, -0.15) is 0 Å². The van der Waals surface area contributed by atoms with Gasteiger partial charge in [-0.15, -0.1) is 12.4 Å². The normalized spacial score (nSPS) is 15.7. The highest BCUT2D eigenvalue weighted by molar-refractivity contribution is 6.30.